The van der Waals surface area contributed by atoms with Crippen LogP contribution in [0.4, 0.5) is 4.39 Å². The monoisotopic (exact) mass is 262 g/mol. The molecular formula is C10H12BrFO2. The fraction of sp³-hybridized carbons (Fsp3) is 0.400. The first-order valence-corrected chi connectivity index (χ1v) is 4.98. The van der Waals surface area contributed by atoms with Crippen molar-refractivity contribution < 1.29 is 14.6 Å². The third-order valence-electron chi connectivity index (χ3n) is 2.19. The number of hydrogen-bond acceptors (Lipinski definition) is 2. The smallest absolute Gasteiger partial charge is 0.144 e. The highest BCUT2D eigenvalue weighted by molar-refractivity contribution is 9.10. The van der Waals surface area contributed by atoms with Crippen molar-refractivity contribution >= 4 is 15.9 Å². The van der Waals surface area contributed by atoms with Gasteiger partial charge in [0.2, 0.25) is 0 Å². The largest absolute Gasteiger partial charge is 0.507 e. The number of aliphatic hydroxyl groups excluding tert-OH is 1. The molecule has 2 nitrogen and oxygen atoms in total. The molecule has 0 aromatic heterocycles. The summed E-state index contributed by atoms with van der Waals surface area (Å²) in [7, 11) is 0. The Hall–Kier alpha value is -0.610. The van der Waals surface area contributed by atoms with Crippen LogP contribution in [-0.2, 0) is 5.41 Å². The maximum Gasteiger partial charge on any atom is 0.144 e. The Morgan fingerprint density at radius 3 is 2.50 bits per heavy atom. The molecule has 1 rings (SSSR count). The second kappa shape index (κ2) is 3.87. The Balaban J connectivity index is 3.31. The molecule has 2 N–H and O–H groups in total. The summed E-state index contributed by atoms with van der Waals surface area (Å²) in [6.45, 7) is 3.31. The number of benzene rings is 1. The van der Waals surface area contributed by atoms with Crippen molar-refractivity contribution in [1.82, 2.24) is 0 Å². The summed E-state index contributed by atoms with van der Waals surface area (Å²) in [4.78, 5) is 0. The maximum atomic E-state index is 13.6. The molecule has 0 radical (unpaired) electrons. The molecule has 0 unspecified atom stereocenters. The van der Waals surface area contributed by atoms with Crippen LogP contribution in [0.2, 0.25) is 0 Å². The number of halogens is 2. The van der Waals surface area contributed by atoms with E-state index in [4.69, 9.17) is 5.11 Å². The SMILES string of the molecule is CC(C)(CO)c1ccc(O)c(Br)c1F. The lowest BCUT2D eigenvalue weighted by molar-refractivity contribution is 0.214. The first-order chi connectivity index (χ1) is 6.40. The zero-order valence-corrected chi connectivity index (χ0v) is 9.60. The Kier molecular flexibility index (Phi) is 3.17. The fourth-order valence-electron chi connectivity index (χ4n) is 1.15. The van der Waals surface area contributed by atoms with E-state index < -0.39 is 11.2 Å². The number of phenols is 1. The van der Waals surface area contributed by atoms with Gasteiger partial charge in [0.1, 0.15) is 11.6 Å². The molecular weight excluding hydrogens is 251 g/mol. The van der Waals surface area contributed by atoms with E-state index in [0.717, 1.165) is 0 Å². The van der Waals surface area contributed by atoms with E-state index in [1.165, 1.54) is 12.1 Å². The average molecular weight is 263 g/mol. The number of rotatable bonds is 2. The zero-order valence-electron chi connectivity index (χ0n) is 8.01. The minimum Gasteiger partial charge on any atom is -0.507 e. The van der Waals surface area contributed by atoms with Crippen LogP contribution < -0.4 is 0 Å². The Morgan fingerprint density at radius 1 is 1.43 bits per heavy atom. The van der Waals surface area contributed by atoms with E-state index in [-0.39, 0.29) is 16.8 Å². The molecule has 0 bridgehead atoms. The summed E-state index contributed by atoms with van der Waals surface area (Å²) in [6, 6.07) is 2.88. The fourth-order valence-corrected chi connectivity index (χ4v) is 1.49. The van der Waals surface area contributed by atoms with Crippen LogP contribution >= 0.6 is 15.9 Å². The Morgan fingerprint density at radius 2 is 2.00 bits per heavy atom. The predicted molar refractivity (Wildman–Crippen MR) is 55.9 cm³/mol. The van der Waals surface area contributed by atoms with E-state index in [2.05, 4.69) is 15.9 Å². The Labute approximate surface area is 90.5 Å². The van der Waals surface area contributed by atoms with Gasteiger partial charge < -0.3 is 10.2 Å². The summed E-state index contributed by atoms with van der Waals surface area (Å²) in [5, 5.41) is 18.3. The molecule has 0 heterocycles. The number of hydrogen-bond donors (Lipinski definition) is 2. The van der Waals surface area contributed by atoms with Crippen LogP contribution in [-0.4, -0.2) is 16.8 Å². The third kappa shape index (κ3) is 1.91. The molecule has 0 saturated heterocycles. The lowest BCUT2D eigenvalue weighted by Gasteiger charge is -2.23. The summed E-state index contributed by atoms with van der Waals surface area (Å²) in [5.74, 6) is -0.663. The summed E-state index contributed by atoms with van der Waals surface area (Å²) >= 11 is 2.94. The number of aliphatic hydroxyl groups is 1. The van der Waals surface area contributed by atoms with Crippen LogP contribution in [0.3, 0.4) is 0 Å². The standard InChI is InChI=1S/C10H12BrFO2/c1-10(2,5-13)6-3-4-7(14)8(11)9(6)12/h3-4,13-14H,5H2,1-2H3. The second-order valence-corrected chi connectivity index (χ2v) is 4.60. The van der Waals surface area contributed by atoms with E-state index in [1.807, 2.05) is 0 Å². The lowest BCUT2D eigenvalue weighted by atomic mass is 9.85. The summed E-state index contributed by atoms with van der Waals surface area (Å²) < 4.78 is 13.7. The average Bonchev–Trinajstić information content (AvgIpc) is 2.14. The summed E-state index contributed by atoms with van der Waals surface area (Å²) in [5.41, 5.74) is -0.273. The third-order valence-corrected chi connectivity index (χ3v) is 2.94. The van der Waals surface area contributed by atoms with Gasteiger partial charge in [0.25, 0.3) is 0 Å². The van der Waals surface area contributed by atoms with Crippen molar-refractivity contribution in [2.24, 2.45) is 0 Å². The molecule has 0 aliphatic rings. The van der Waals surface area contributed by atoms with E-state index in [0.29, 0.717) is 5.56 Å². The molecule has 1 aromatic rings. The van der Waals surface area contributed by atoms with Gasteiger partial charge >= 0.3 is 0 Å². The first kappa shape index (κ1) is 11.5. The van der Waals surface area contributed by atoms with Gasteiger partial charge in [-0.25, -0.2) is 4.39 Å². The quantitative estimate of drug-likeness (QED) is 0.860. The second-order valence-electron chi connectivity index (χ2n) is 3.80. The van der Waals surface area contributed by atoms with E-state index >= 15 is 0 Å². The highest BCUT2D eigenvalue weighted by Gasteiger charge is 2.25. The molecule has 0 saturated carbocycles. The van der Waals surface area contributed by atoms with Gasteiger partial charge in [0.15, 0.2) is 0 Å². The van der Waals surface area contributed by atoms with Crippen LogP contribution in [0.1, 0.15) is 19.4 Å². The van der Waals surface area contributed by atoms with Crippen molar-refractivity contribution in [2.45, 2.75) is 19.3 Å². The van der Waals surface area contributed by atoms with Gasteiger partial charge in [-0.1, -0.05) is 19.9 Å². The number of phenolic OH excluding ortho intramolecular Hbond substituents is 1. The van der Waals surface area contributed by atoms with Gasteiger partial charge in [0, 0.05) is 5.41 Å². The van der Waals surface area contributed by atoms with Gasteiger partial charge in [-0.05, 0) is 27.6 Å². The van der Waals surface area contributed by atoms with Crippen LogP contribution in [0.5, 0.6) is 5.75 Å². The van der Waals surface area contributed by atoms with Crippen LogP contribution in [0, 0.1) is 5.82 Å². The van der Waals surface area contributed by atoms with Crippen LogP contribution in [0.25, 0.3) is 0 Å². The zero-order chi connectivity index (χ0) is 10.9. The molecule has 0 aliphatic carbocycles. The highest BCUT2D eigenvalue weighted by Crippen LogP contribution is 2.34. The van der Waals surface area contributed by atoms with Gasteiger partial charge in [-0.2, -0.15) is 0 Å². The van der Waals surface area contributed by atoms with E-state index in [1.54, 1.807) is 13.8 Å². The molecule has 14 heavy (non-hydrogen) atoms. The molecule has 78 valence electrons. The molecule has 4 heteroatoms. The lowest BCUT2D eigenvalue weighted by Crippen LogP contribution is -2.23. The molecule has 0 amide bonds. The maximum absolute atomic E-state index is 13.6. The molecule has 0 aliphatic heterocycles. The van der Waals surface area contributed by atoms with Crippen LogP contribution in [0.15, 0.2) is 16.6 Å². The van der Waals surface area contributed by atoms with Gasteiger partial charge in [-0.15, -0.1) is 0 Å². The molecule has 0 spiro atoms. The van der Waals surface area contributed by atoms with E-state index in [9.17, 15) is 9.50 Å². The van der Waals surface area contributed by atoms with Crippen molar-refractivity contribution in [3.8, 4) is 5.75 Å². The van der Waals surface area contributed by atoms with Crippen molar-refractivity contribution in [3.05, 3.63) is 28.0 Å². The molecule has 0 atom stereocenters. The van der Waals surface area contributed by atoms with Gasteiger partial charge in [-0.3, -0.25) is 0 Å². The normalized spacial score (nSPS) is 11.8. The molecule has 0 fully saturated rings. The predicted octanol–water partition coefficient (Wildman–Crippen LogP) is 2.56. The number of aromatic hydroxyl groups is 1. The highest BCUT2D eigenvalue weighted by atomic mass is 79.9. The van der Waals surface area contributed by atoms with Crippen molar-refractivity contribution in [3.63, 3.8) is 0 Å². The first-order valence-electron chi connectivity index (χ1n) is 4.18. The van der Waals surface area contributed by atoms with Crippen molar-refractivity contribution in [2.75, 3.05) is 6.61 Å². The summed E-state index contributed by atoms with van der Waals surface area (Å²) in [6.07, 6.45) is 0. The minimum absolute atomic E-state index is 0.0384. The topological polar surface area (TPSA) is 40.5 Å². The van der Waals surface area contributed by atoms with Gasteiger partial charge in [0.05, 0.1) is 11.1 Å². The van der Waals surface area contributed by atoms with Crippen molar-refractivity contribution in [1.29, 1.82) is 0 Å². The Bertz CT molecular complexity index is 350. The minimum atomic E-state index is -0.652. The molecule has 1 aromatic carbocycles.